The number of esters is 1. The monoisotopic (exact) mass is 386 g/mol. The highest BCUT2D eigenvalue weighted by atomic mass is 35.5. The first-order valence-electron chi connectivity index (χ1n) is 8.78. The highest BCUT2D eigenvalue weighted by Gasteiger charge is 2.36. The number of carbonyl (C=O) groups is 2. The number of hydrogen-bond acceptors (Lipinski definition) is 5. The molecule has 0 radical (unpaired) electrons. The topological polar surface area (TPSA) is 67.9 Å². The van der Waals surface area contributed by atoms with E-state index < -0.39 is 5.97 Å². The summed E-state index contributed by atoms with van der Waals surface area (Å²) in [5.41, 5.74) is 2.66. The van der Waals surface area contributed by atoms with Crippen molar-refractivity contribution in [2.75, 3.05) is 23.9 Å². The van der Waals surface area contributed by atoms with Gasteiger partial charge in [-0.15, -0.1) is 0 Å². The van der Waals surface area contributed by atoms with Gasteiger partial charge < -0.3 is 19.7 Å². The zero-order valence-electron chi connectivity index (χ0n) is 14.8. The van der Waals surface area contributed by atoms with Gasteiger partial charge in [0.15, 0.2) is 0 Å². The largest absolute Gasteiger partial charge is 0.496 e. The Kier molecular flexibility index (Phi) is 4.66. The van der Waals surface area contributed by atoms with Crippen LogP contribution in [0.5, 0.6) is 5.75 Å². The van der Waals surface area contributed by atoms with Crippen LogP contribution in [0.25, 0.3) is 0 Å². The van der Waals surface area contributed by atoms with Crippen LogP contribution in [0.15, 0.2) is 36.4 Å². The summed E-state index contributed by atoms with van der Waals surface area (Å²) in [6.07, 6.45) is 1.85. The van der Waals surface area contributed by atoms with Crippen LogP contribution in [-0.2, 0) is 16.1 Å². The third-order valence-electron chi connectivity index (χ3n) is 4.96. The summed E-state index contributed by atoms with van der Waals surface area (Å²) >= 11 is 6.00. The fourth-order valence-electron chi connectivity index (χ4n) is 3.64. The number of methoxy groups -OCH3 is 1. The van der Waals surface area contributed by atoms with Gasteiger partial charge in [-0.25, -0.2) is 4.79 Å². The molecule has 1 atom stereocenters. The Morgan fingerprint density at radius 2 is 2.15 bits per heavy atom. The average Bonchev–Trinajstić information content (AvgIpc) is 3.16. The van der Waals surface area contributed by atoms with Gasteiger partial charge in [0, 0.05) is 17.1 Å². The van der Waals surface area contributed by atoms with Crippen LogP contribution in [0.2, 0.25) is 5.02 Å². The minimum Gasteiger partial charge on any atom is -0.496 e. The fraction of sp³-hybridized carbons (Fsp3) is 0.300. The number of ether oxygens (including phenoxy) is 2. The lowest BCUT2D eigenvalue weighted by atomic mass is 10.1. The molecule has 1 saturated heterocycles. The van der Waals surface area contributed by atoms with Gasteiger partial charge in [-0.2, -0.15) is 0 Å². The van der Waals surface area contributed by atoms with Crippen molar-refractivity contribution in [1.82, 2.24) is 0 Å². The van der Waals surface area contributed by atoms with Crippen LogP contribution >= 0.6 is 11.6 Å². The SMILES string of the molecule is COc1ccc(Cl)cc1COC(=O)c1ccc2c(c1)NC(=O)[C@H]1CCCN21. The number of hydrogen-bond donors (Lipinski definition) is 1. The van der Waals surface area contributed by atoms with E-state index in [0.717, 1.165) is 25.1 Å². The molecular formula is C20H19ClN2O4. The van der Waals surface area contributed by atoms with Gasteiger partial charge in [0.05, 0.1) is 24.0 Å². The summed E-state index contributed by atoms with van der Waals surface area (Å²) in [4.78, 5) is 26.8. The van der Waals surface area contributed by atoms with Crippen molar-refractivity contribution in [1.29, 1.82) is 0 Å². The molecule has 0 spiro atoms. The molecule has 0 saturated carbocycles. The minimum atomic E-state index is -0.474. The van der Waals surface area contributed by atoms with Crippen molar-refractivity contribution in [2.24, 2.45) is 0 Å². The molecule has 0 bridgehead atoms. The Labute approximate surface area is 162 Å². The number of nitrogens with one attached hydrogen (secondary N) is 1. The summed E-state index contributed by atoms with van der Waals surface area (Å²) < 4.78 is 10.7. The van der Waals surface area contributed by atoms with Gasteiger partial charge in [-0.3, -0.25) is 4.79 Å². The molecule has 0 aromatic heterocycles. The minimum absolute atomic E-state index is 0.0193. The van der Waals surface area contributed by atoms with Gasteiger partial charge in [0.25, 0.3) is 0 Å². The molecule has 2 aliphatic heterocycles. The molecule has 2 aromatic rings. The van der Waals surface area contributed by atoms with Crippen molar-refractivity contribution in [3.05, 3.63) is 52.5 Å². The number of anilines is 2. The van der Waals surface area contributed by atoms with Gasteiger partial charge >= 0.3 is 5.97 Å². The van der Waals surface area contributed by atoms with E-state index in [0.29, 0.717) is 27.6 Å². The van der Waals surface area contributed by atoms with Gasteiger partial charge in [0.2, 0.25) is 5.91 Å². The van der Waals surface area contributed by atoms with E-state index in [1.165, 1.54) is 0 Å². The number of carbonyl (C=O) groups excluding carboxylic acids is 2. The average molecular weight is 387 g/mol. The van der Waals surface area contributed by atoms with Crippen LogP contribution in [-0.4, -0.2) is 31.6 Å². The van der Waals surface area contributed by atoms with Crippen LogP contribution in [0.4, 0.5) is 11.4 Å². The molecule has 4 rings (SSSR count). The first-order chi connectivity index (χ1) is 13.1. The van der Waals surface area contributed by atoms with E-state index in [4.69, 9.17) is 21.1 Å². The van der Waals surface area contributed by atoms with Crippen molar-refractivity contribution in [2.45, 2.75) is 25.5 Å². The molecule has 7 heteroatoms. The van der Waals surface area contributed by atoms with E-state index in [9.17, 15) is 9.59 Å². The smallest absolute Gasteiger partial charge is 0.338 e. The van der Waals surface area contributed by atoms with E-state index in [1.54, 1.807) is 37.4 Å². The quantitative estimate of drug-likeness (QED) is 0.813. The fourth-order valence-corrected chi connectivity index (χ4v) is 3.84. The van der Waals surface area contributed by atoms with Crippen molar-refractivity contribution in [3.63, 3.8) is 0 Å². The predicted octanol–water partition coefficient (Wildman–Crippen LogP) is 3.63. The first kappa shape index (κ1) is 17.7. The third kappa shape index (κ3) is 3.32. The van der Waals surface area contributed by atoms with Crippen LogP contribution in [0, 0.1) is 0 Å². The molecule has 0 aliphatic carbocycles. The molecule has 6 nitrogen and oxygen atoms in total. The molecule has 27 heavy (non-hydrogen) atoms. The van der Waals surface area contributed by atoms with E-state index in [2.05, 4.69) is 10.2 Å². The van der Waals surface area contributed by atoms with Crippen LogP contribution < -0.4 is 15.0 Å². The standard InChI is InChI=1S/C20H19ClN2O4/c1-26-18-7-5-14(21)9-13(18)11-27-20(25)12-4-6-16-15(10-12)22-19(24)17-3-2-8-23(16)17/h4-7,9-10,17H,2-3,8,11H2,1H3,(H,22,24)/t17-/m1/s1. The molecule has 1 fully saturated rings. The van der Waals surface area contributed by atoms with Gasteiger partial charge in [0.1, 0.15) is 18.4 Å². The highest BCUT2D eigenvalue weighted by molar-refractivity contribution is 6.30. The normalized spacial score (nSPS) is 17.8. The Balaban J connectivity index is 1.51. The third-order valence-corrected chi connectivity index (χ3v) is 5.19. The zero-order valence-corrected chi connectivity index (χ0v) is 15.6. The first-order valence-corrected chi connectivity index (χ1v) is 9.15. The lowest BCUT2D eigenvalue weighted by Crippen LogP contribution is -2.43. The van der Waals surface area contributed by atoms with Crippen molar-refractivity contribution < 1.29 is 19.1 Å². The second-order valence-electron chi connectivity index (χ2n) is 6.60. The zero-order chi connectivity index (χ0) is 19.0. The second kappa shape index (κ2) is 7.12. The Morgan fingerprint density at radius 1 is 1.30 bits per heavy atom. The lowest BCUT2D eigenvalue weighted by molar-refractivity contribution is -0.117. The van der Waals surface area contributed by atoms with Crippen molar-refractivity contribution >= 4 is 34.9 Å². The molecule has 2 aliphatic rings. The van der Waals surface area contributed by atoms with E-state index >= 15 is 0 Å². The number of rotatable bonds is 4. The Hall–Kier alpha value is -2.73. The molecular weight excluding hydrogens is 368 g/mol. The molecule has 1 N–H and O–H groups in total. The summed E-state index contributed by atoms with van der Waals surface area (Å²) in [6, 6.07) is 10.3. The highest BCUT2D eigenvalue weighted by Crippen LogP contribution is 2.37. The number of fused-ring (bicyclic) bond motifs is 3. The maximum absolute atomic E-state index is 12.5. The number of nitrogens with zero attached hydrogens (tertiary/aromatic N) is 1. The molecule has 1 amide bonds. The van der Waals surface area contributed by atoms with Gasteiger partial charge in [-0.1, -0.05) is 11.6 Å². The summed E-state index contributed by atoms with van der Waals surface area (Å²) in [5, 5.41) is 3.44. The maximum atomic E-state index is 12.5. The van der Waals surface area contributed by atoms with Crippen LogP contribution in [0.1, 0.15) is 28.8 Å². The lowest BCUT2D eigenvalue weighted by Gasteiger charge is -2.33. The maximum Gasteiger partial charge on any atom is 0.338 e. The molecule has 2 heterocycles. The van der Waals surface area contributed by atoms with Crippen LogP contribution in [0.3, 0.4) is 0 Å². The Bertz CT molecular complexity index is 915. The summed E-state index contributed by atoms with van der Waals surface area (Å²) in [7, 11) is 1.55. The predicted molar refractivity (Wildman–Crippen MR) is 103 cm³/mol. The van der Waals surface area contributed by atoms with E-state index in [1.807, 2.05) is 6.07 Å². The van der Waals surface area contributed by atoms with Crippen molar-refractivity contribution in [3.8, 4) is 5.75 Å². The molecule has 0 unspecified atom stereocenters. The molecule has 140 valence electrons. The number of benzene rings is 2. The number of halogens is 1. The Morgan fingerprint density at radius 3 is 2.96 bits per heavy atom. The molecule has 2 aromatic carbocycles. The summed E-state index contributed by atoms with van der Waals surface area (Å²) in [6.45, 7) is 0.893. The van der Waals surface area contributed by atoms with Gasteiger partial charge in [-0.05, 0) is 49.2 Å². The van der Waals surface area contributed by atoms with E-state index in [-0.39, 0.29) is 18.6 Å². The number of amides is 1. The second-order valence-corrected chi connectivity index (χ2v) is 7.04. The summed E-state index contributed by atoms with van der Waals surface area (Å²) in [5.74, 6) is 0.108.